The summed E-state index contributed by atoms with van der Waals surface area (Å²) in [5.41, 5.74) is 2.26. The number of ether oxygens (including phenoxy) is 2. The van der Waals surface area contributed by atoms with Gasteiger partial charge in [0.05, 0.1) is 25.4 Å². The molecule has 0 saturated carbocycles. The molecule has 35 heavy (non-hydrogen) atoms. The first-order chi connectivity index (χ1) is 16.9. The van der Waals surface area contributed by atoms with Crippen LogP contribution in [-0.4, -0.2) is 57.7 Å². The Morgan fingerprint density at radius 1 is 1.06 bits per heavy atom. The van der Waals surface area contributed by atoms with Crippen molar-refractivity contribution in [2.45, 2.75) is 45.4 Å². The van der Waals surface area contributed by atoms with Gasteiger partial charge in [-0.3, -0.25) is 4.79 Å². The Kier molecular flexibility index (Phi) is 10.4. The van der Waals surface area contributed by atoms with Crippen LogP contribution >= 0.6 is 0 Å². The van der Waals surface area contributed by atoms with Gasteiger partial charge in [-0.25, -0.2) is 12.7 Å². The second kappa shape index (κ2) is 13.5. The number of nitrogens with one attached hydrogen (secondary N) is 1. The predicted octanol–water partition coefficient (Wildman–Crippen LogP) is 3.82. The van der Waals surface area contributed by atoms with E-state index in [0.717, 1.165) is 42.6 Å². The lowest BCUT2D eigenvalue weighted by molar-refractivity contribution is -0.126. The zero-order valence-corrected chi connectivity index (χ0v) is 21.7. The molecule has 3 rings (SSSR count). The van der Waals surface area contributed by atoms with Gasteiger partial charge in [-0.15, -0.1) is 0 Å². The van der Waals surface area contributed by atoms with Crippen molar-refractivity contribution < 1.29 is 22.7 Å². The predicted molar refractivity (Wildman–Crippen MR) is 138 cm³/mol. The van der Waals surface area contributed by atoms with E-state index in [1.165, 1.54) is 4.31 Å². The van der Waals surface area contributed by atoms with Crippen molar-refractivity contribution in [3.05, 3.63) is 59.7 Å². The van der Waals surface area contributed by atoms with Crippen LogP contribution < -0.4 is 14.8 Å². The molecule has 1 fully saturated rings. The molecular formula is C27H38N2O5S. The molecule has 0 bridgehead atoms. The summed E-state index contributed by atoms with van der Waals surface area (Å²) in [6.45, 7) is 3.83. The number of hydrogen-bond acceptors (Lipinski definition) is 5. The minimum absolute atomic E-state index is 0.0570. The number of aryl methyl sites for hydroxylation is 2. The van der Waals surface area contributed by atoms with Gasteiger partial charge in [0.25, 0.3) is 0 Å². The quantitative estimate of drug-likeness (QED) is 0.421. The fraction of sp³-hybridized carbons (Fsp3) is 0.519. The van der Waals surface area contributed by atoms with E-state index >= 15 is 0 Å². The number of sulfonamides is 1. The lowest BCUT2D eigenvalue weighted by atomic mass is 9.99. The van der Waals surface area contributed by atoms with Gasteiger partial charge in [0.15, 0.2) is 11.5 Å². The highest BCUT2D eigenvalue weighted by atomic mass is 32.2. The van der Waals surface area contributed by atoms with Crippen LogP contribution in [0.1, 0.15) is 43.7 Å². The van der Waals surface area contributed by atoms with E-state index in [2.05, 4.69) is 5.32 Å². The largest absolute Gasteiger partial charge is 0.493 e. The number of carbonyl (C=O) groups excluding carboxylic acids is 1. The van der Waals surface area contributed by atoms with E-state index in [-0.39, 0.29) is 24.1 Å². The van der Waals surface area contributed by atoms with E-state index in [0.29, 0.717) is 38.3 Å². The fourth-order valence-corrected chi connectivity index (χ4v) is 6.01. The van der Waals surface area contributed by atoms with Gasteiger partial charge < -0.3 is 14.8 Å². The molecule has 1 aliphatic heterocycles. The van der Waals surface area contributed by atoms with Gasteiger partial charge in [-0.2, -0.15) is 0 Å². The van der Waals surface area contributed by atoms with Gasteiger partial charge in [-0.1, -0.05) is 36.4 Å². The molecule has 192 valence electrons. The summed E-state index contributed by atoms with van der Waals surface area (Å²) < 4.78 is 38.2. The SMILES string of the molecule is CCOc1ccc(CCCNC(=O)[C@@H]2CCCN(S(=O)(=O)CCCc3ccccc3)C2)cc1OC. The second-order valence-electron chi connectivity index (χ2n) is 8.92. The Bertz CT molecular complexity index is 1040. The third-order valence-electron chi connectivity index (χ3n) is 6.33. The van der Waals surface area contributed by atoms with Crippen molar-refractivity contribution in [3.8, 4) is 11.5 Å². The molecule has 1 saturated heterocycles. The Morgan fingerprint density at radius 3 is 2.57 bits per heavy atom. The number of amides is 1. The normalized spacial score (nSPS) is 16.6. The molecular weight excluding hydrogens is 464 g/mol. The minimum Gasteiger partial charge on any atom is -0.493 e. The molecule has 1 N–H and O–H groups in total. The lowest BCUT2D eigenvalue weighted by Crippen LogP contribution is -2.46. The van der Waals surface area contributed by atoms with Crippen LogP contribution in [-0.2, 0) is 27.7 Å². The van der Waals surface area contributed by atoms with Crippen LogP contribution in [0.4, 0.5) is 0 Å². The Labute approximate surface area is 209 Å². The summed E-state index contributed by atoms with van der Waals surface area (Å²) in [5, 5.41) is 3.00. The van der Waals surface area contributed by atoms with E-state index in [1.54, 1.807) is 7.11 Å². The average Bonchev–Trinajstić information content (AvgIpc) is 2.88. The van der Waals surface area contributed by atoms with Crippen LogP contribution in [0.2, 0.25) is 0 Å². The maximum absolute atomic E-state index is 12.9. The number of nitrogens with zero attached hydrogens (tertiary/aromatic N) is 1. The van der Waals surface area contributed by atoms with E-state index < -0.39 is 10.0 Å². The van der Waals surface area contributed by atoms with E-state index in [9.17, 15) is 13.2 Å². The first kappa shape index (κ1) is 27.0. The highest BCUT2D eigenvalue weighted by Gasteiger charge is 2.31. The molecule has 1 amide bonds. The highest BCUT2D eigenvalue weighted by Crippen LogP contribution is 2.28. The molecule has 2 aromatic rings. The molecule has 0 radical (unpaired) electrons. The van der Waals surface area contributed by atoms with Crippen LogP contribution in [0.3, 0.4) is 0 Å². The zero-order valence-electron chi connectivity index (χ0n) is 20.9. The third kappa shape index (κ3) is 8.25. The standard InChI is InChI=1S/C27H38N2O5S/c1-3-34-25-16-15-23(20-26(25)33-2)12-7-17-28-27(30)24-14-8-18-29(21-24)35(31,32)19-9-13-22-10-5-4-6-11-22/h4-6,10-11,15-16,20,24H,3,7-9,12-14,17-19,21H2,1-2H3,(H,28,30)/t24-/m1/s1. The van der Waals surface area contributed by atoms with Crippen LogP contribution in [0, 0.1) is 5.92 Å². The summed E-state index contributed by atoms with van der Waals surface area (Å²) in [6, 6.07) is 15.8. The smallest absolute Gasteiger partial charge is 0.224 e. The molecule has 2 aromatic carbocycles. The molecule has 8 heteroatoms. The first-order valence-corrected chi connectivity index (χ1v) is 14.1. The van der Waals surface area contributed by atoms with Gasteiger partial charge in [0, 0.05) is 19.6 Å². The van der Waals surface area contributed by atoms with Crippen LogP contribution in [0.25, 0.3) is 0 Å². The van der Waals surface area contributed by atoms with Gasteiger partial charge in [0.1, 0.15) is 0 Å². The molecule has 1 heterocycles. The Hall–Kier alpha value is -2.58. The number of benzene rings is 2. The zero-order chi connectivity index (χ0) is 25.1. The van der Waals surface area contributed by atoms with Crippen molar-refractivity contribution in [2.75, 3.05) is 39.1 Å². The maximum atomic E-state index is 12.9. The topological polar surface area (TPSA) is 84.9 Å². The molecule has 1 aliphatic rings. The maximum Gasteiger partial charge on any atom is 0.224 e. The summed E-state index contributed by atoms with van der Waals surface area (Å²) in [6.07, 6.45) is 4.33. The summed E-state index contributed by atoms with van der Waals surface area (Å²) >= 11 is 0. The van der Waals surface area contributed by atoms with Crippen molar-refractivity contribution in [1.82, 2.24) is 9.62 Å². The molecule has 0 aromatic heterocycles. The van der Waals surface area contributed by atoms with Crippen LogP contribution in [0.15, 0.2) is 48.5 Å². The number of carbonyl (C=O) groups is 1. The highest BCUT2D eigenvalue weighted by molar-refractivity contribution is 7.89. The Morgan fingerprint density at radius 2 is 1.83 bits per heavy atom. The lowest BCUT2D eigenvalue weighted by Gasteiger charge is -2.31. The van der Waals surface area contributed by atoms with Gasteiger partial charge in [-0.05, 0) is 68.7 Å². The van der Waals surface area contributed by atoms with Crippen LogP contribution in [0.5, 0.6) is 11.5 Å². The summed E-state index contributed by atoms with van der Waals surface area (Å²) in [7, 11) is -1.74. The molecule has 1 atom stereocenters. The molecule has 0 aliphatic carbocycles. The van der Waals surface area contributed by atoms with Gasteiger partial charge >= 0.3 is 0 Å². The first-order valence-electron chi connectivity index (χ1n) is 12.5. The summed E-state index contributed by atoms with van der Waals surface area (Å²) in [4.78, 5) is 12.7. The van der Waals surface area contributed by atoms with E-state index in [4.69, 9.17) is 9.47 Å². The van der Waals surface area contributed by atoms with Crippen molar-refractivity contribution in [1.29, 1.82) is 0 Å². The number of rotatable bonds is 13. The van der Waals surface area contributed by atoms with E-state index in [1.807, 2.05) is 55.5 Å². The number of methoxy groups -OCH3 is 1. The number of piperidine rings is 1. The monoisotopic (exact) mass is 502 g/mol. The molecule has 7 nitrogen and oxygen atoms in total. The minimum atomic E-state index is -3.36. The van der Waals surface area contributed by atoms with Crippen molar-refractivity contribution >= 4 is 15.9 Å². The second-order valence-corrected chi connectivity index (χ2v) is 11.0. The molecule has 0 unspecified atom stereocenters. The summed E-state index contributed by atoms with van der Waals surface area (Å²) in [5.74, 6) is 1.20. The number of hydrogen-bond donors (Lipinski definition) is 1. The average molecular weight is 503 g/mol. The Balaban J connectivity index is 1.41. The van der Waals surface area contributed by atoms with Crippen molar-refractivity contribution in [3.63, 3.8) is 0 Å². The van der Waals surface area contributed by atoms with Gasteiger partial charge in [0.2, 0.25) is 15.9 Å². The third-order valence-corrected chi connectivity index (χ3v) is 8.25. The van der Waals surface area contributed by atoms with Crippen molar-refractivity contribution in [2.24, 2.45) is 5.92 Å². The molecule has 0 spiro atoms. The fourth-order valence-electron chi connectivity index (χ4n) is 4.43.